The number of carbonyl (C=O) groups excluding carboxylic acids is 1. The molecule has 0 spiro atoms. The summed E-state index contributed by atoms with van der Waals surface area (Å²) in [5.41, 5.74) is 0.808. The number of anilines is 2. The molecule has 9 heteroatoms. The van der Waals surface area contributed by atoms with Crippen LogP contribution in [0.3, 0.4) is 0 Å². The normalized spacial score (nSPS) is 11.1. The zero-order valence-corrected chi connectivity index (χ0v) is 21.4. The Morgan fingerprint density at radius 2 is 1.43 bits per heavy atom. The van der Waals surface area contributed by atoms with Crippen LogP contribution in [0.5, 0.6) is 0 Å². The zero-order chi connectivity index (χ0) is 24.8. The molecule has 4 aromatic carbocycles. The number of halogens is 2. The summed E-state index contributed by atoms with van der Waals surface area (Å²) in [6.45, 7) is -0.459. The average molecular weight is 543 g/mol. The van der Waals surface area contributed by atoms with Crippen LogP contribution in [-0.2, 0) is 14.8 Å². The first-order valence-electron chi connectivity index (χ1n) is 10.5. The van der Waals surface area contributed by atoms with E-state index in [1.165, 1.54) is 42.1 Å². The Morgan fingerprint density at radius 3 is 2.11 bits per heavy atom. The molecule has 0 fully saturated rings. The van der Waals surface area contributed by atoms with E-state index in [1.807, 2.05) is 48.5 Å². The SMILES string of the molecule is O=C(CN(c1ccc(Cl)c(Cl)c1)S(=O)(=O)c1ccccc1)Nc1ccccc1Sc1ccccc1. The lowest BCUT2D eigenvalue weighted by Crippen LogP contribution is -2.38. The lowest BCUT2D eigenvalue weighted by Gasteiger charge is -2.24. The highest BCUT2D eigenvalue weighted by molar-refractivity contribution is 7.99. The second-order valence-corrected chi connectivity index (χ2v) is 11.2. The Labute approximate surface area is 218 Å². The zero-order valence-electron chi connectivity index (χ0n) is 18.3. The van der Waals surface area contributed by atoms with Crippen molar-refractivity contribution >= 4 is 62.3 Å². The molecule has 0 unspecified atom stereocenters. The number of hydrogen-bond donors (Lipinski definition) is 1. The molecule has 1 N–H and O–H groups in total. The molecule has 5 nitrogen and oxygen atoms in total. The van der Waals surface area contributed by atoms with Crippen LogP contribution in [0.15, 0.2) is 118 Å². The second kappa shape index (κ2) is 11.2. The predicted molar refractivity (Wildman–Crippen MR) is 143 cm³/mol. The van der Waals surface area contributed by atoms with E-state index in [1.54, 1.807) is 24.3 Å². The lowest BCUT2D eigenvalue weighted by atomic mass is 10.3. The fourth-order valence-corrected chi connectivity index (χ4v) is 5.92. The van der Waals surface area contributed by atoms with E-state index < -0.39 is 22.5 Å². The summed E-state index contributed by atoms with van der Waals surface area (Å²) >= 11 is 13.7. The third-order valence-corrected chi connectivity index (χ3v) is 8.55. The van der Waals surface area contributed by atoms with Gasteiger partial charge in [0, 0.05) is 9.79 Å². The number of benzene rings is 4. The predicted octanol–water partition coefficient (Wildman–Crippen LogP) is 6.98. The number of carbonyl (C=O) groups is 1. The summed E-state index contributed by atoms with van der Waals surface area (Å²) in [5, 5.41) is 3.32. The number of rotatable bonds is 8. The van der Waals surface area contributed by atoms with Crippen molar-refractivity contribution < 1.29 is 13.2 Å². The highest BCUT2D eigenvalue weighted by Crippen LogP contribution is 2.34. The maximum atomic E-state index is 13.5. The van der Waals surface area contributed by atoms with Crippen LogP contribution in [0.1, 0.15) is 0 Å². The standard InChI is InChI=1S/C26H20Cl2N2O3S2/c27-22-16-15-19(17-23(22)28)30(35(32,33)21-11-5-2-6-12-21)18-26(31)29-24-13-7-8-14-25(24)34-20-9-3-1-4-10-20/h1-17H,18H2,(H,29,31). The third kappa shape index (κ3) is 6.18. The summed E-state index contributed by atoms with van der Waals surface area (Å²) in [4.78, 5) is 15.0. The molecule has 4 aromatic rings. The topological polar surface area (TPSA) is 66.5 Å². The summed E-state index contributed by atoms with van der Waals surface area (Å²) in [5.74, 6) is -0.503. The van der Waals surface area contributed by atoms with Crippen molar-refractivity contribution in [3.05, 3.63) is 113 Å². The number of sulfonamides is 1. The molecular weight excluding hydrogens is 523 g/mol. The Bertz CT molecular complexity index is 1430. The molecule has 0 aromatic heterocycles. The molecule has 0 radical (unpaired) electrons. The highest BCUT2D eigenvalue weighted by Gasteiger charge is 2.28. The molecule has 4 rings (SSSR count). The molecule has 0 aliphatic carbocycles. The van der Waals surface area contributed by atoms with E-state index in [4.69, 9.17) is 23.2 Å². The van der Waals surface area contributed by atoms with Crippen molar-refractivity contribution in [2.45, 2.75) is 14.7 Å². The smallest absolute Gasteiger partial charge is 0.264 e. The molecule has 0 bridgehead atoms. The molecule has 0 heterocycles. The Balaban J connectivity index is 1.63. The largest absolute Gasteiger partial charge is 0.323 e. The van der Waals surface area contributed by atoms with Gasteiger partial charge in [-0.1, -0.05) is 83.5 Å². The molecular formula is C26H20Cl2N2O3S2. The minimum Gasteiger partial charge on any atom is -0.323 e. The second-order valence-electron chi connectivity index (χ2n) is 7.38. The third-order valence-electron chi connectivity index (χ3n) is 4.94. The maximum Gasteiger partial charge on any atom is 0.264 e. The number of hydrogen-bond acceptors (Lipinski definition) is 4. The number of para-hydroxylation sites is 1. The summed E-state index contributed by atoms with van der Waals surface area (Å²) in [7, 11) is -4.06. The highest BCUT2D eigenvalue weighted by atomic mass is 35.5. The van der Waals surface area contributed by atoms with Crippen LogP contribution in [0, 0.1) is 0 Å². The fourth-order valence-electron chi connectivity index (χ4n) is 3.27. The first-order valence-corrected chi connectivity index (χ1v) is 13.5. The van der Waals surface area contributed by atoms with Crippen molar-refractivity contribution in [3.8, 4) is 0 Å². The molecule has 1 amide bonds. The Kier molecular flexibility index (Phi) is 8.03. The first-order chi connectivity index (χ1) is 16.8. The van der Waals surface area contributed by atoms with E-state index in [0.717, 1.165) is 14.1 Å². The molecule has 35 heavy (non-hydrogen) atoms. The minimum atomic E-state index is -4.06. The van der Waals surface area contributed by atoms with Crippen molar-refractivity contribution in [2.75, 3.05) is 16.2 Å². The Hall–Kier alpha value is -2.97. The van der Waals surface area contributed by atoms with Gasteiger partial charge in [0.2, 0.25) is 5.91 Å². The van der Waals surface area contributed by atoms with Gasteiger partial charge in [-0.25, -0.2) is 8.42 Å². The average Bonchev–Trinajstić information content (AvgIpc) is 2.86. The van der Waals surface area contributed by atoms with Crippen LogP contribution >= 0.6 is 35.0 Å². The molecule has 0 atom stereocenters. The van der Waals surface area contributed by atoms with Gasteiger partial charge in [0.05, 0.1) is 26.3 Å². The van der Waals surface area contributed by atoms with Crippen molar-refractivity contribution in [1.82, 2.24) is 0 Å². The molecule has 0 aliphatic rings. The summed E-state index contributed by atoms with van der Waals surface area (Å²) < 4.78 is 28.0. The molecule has 0 saturated heterocycles. The van der Waals surface area contributed by atoms with Gasteiger partial charge in [-0.05, 0) is 54.6 Å². The van der Waals surface area contributed by atoms with Gasteiger partial charge < -0.3 is 5.32 Å². The fraction of sp³-hybridized carbons (Fsp3) is 0.0385. The van der Waals surface area contributed by atoms with Gasteiger partial charge in [0.25, 0.3) is 10.0 Å². The number of amides is 1. The van der Waals surface area contributed by atoms with Gasteiger partial charge in [-0.2, -0.15) is 0 Å². The van der Waals surface area contributed by atoms with Crippen molar-refractivity contribution in [1.29, 1.82) is 0 Å². The van der Waals surface area contributed by atoms with Crippen LogP contribution in [0.25, 0.3) is 0 Å². The van der Waals surface area contributed by atoms with Crippen LogP contribution in [-0.4, -0.2) is 20.9 Å². The van der Waals surface area contributed by atoms with Crippen molar-refractivity contribution in [2.24, 2.45) is 0 Å². The van der Waals surface area contributed by atoms with Gasteiger partial charge >= 0.3 is 0 Å². The van der Waals surface area contributed by atoms with Crippen molar-refractivity contribution in [3.63, 3.8) is 0 Å². The van der Waals surface area contributed by atoms with Crippen LogP contribution in [0.4, 0.5) is 11.4 Å². The van der Waals surface area contributed by atoms with Crippen LogP contribution < -0.4 is 9.62 Å². The Morgan fingerprint density at radius 1 is 0.800 bits per heavy atom. The molecule has 0 aliphatic heterocycles. The lowest BCUT2D eigenvalue weighted by molar-refractivity contribution is -0.114. The van der Waals surface area contributed by atoms with E-state index in [0.29, 0.717) is 5.69 Å². The van der Waals surface area contributed by atoms with Crippen LogP contribution in [0.2, 0.25) is 10.0 Å². The monoisotopic (exact) mass is 542 g/mol. The van der Waals surface area contributed by atoms with Gasteiger partial charge in [0.1, 0.15) is 6.54 Å². The van der Waals surface area contributed by atoms with E-state index in [2.05, 4.69) is 5.32 Å². The van der Waals surface area contributed by atoms with E-state index in [-0.39, 0.29) is 20.6 Å². The van der Waals surface area contributed by atoms with Gasteiger partial charge in [-0.15, -0.1) is 0 Å². The summed E-state index contributed by atoms with van der Waals surface area (Å²) in [6.07, 6.45) is 0. The summed E-state index contributed by atoms with van der Waals surface area (Å²) in [6, 6.07) is 29.5. The molecule has 0 saturated carbocycles. The molecule has 178 valence electrons. The van der Waals surface area contributed by atoms with E-state index >= 15 is 0 Å². The minimum absolute atomic E-state index is 0.0545. The van der Waals surface area contributed by atoms with Gasteiger partial charge in [0.15, 0.2) is 0 Å². The number of nitrogens with zero attached hydrogens (tertiary/aromatic N) is 1. The maximum absolute atomic E-state index is 13.5. The number of nitrogens with one attached hydrogen (secondary N) is 1. The first kappa shape index (κ1) is 25.1. The van der Waals surface area contributed by atoms with E-state index in [9.17, 15) is 13.2 Å². The van der Waals surface area contributed by atoms with Gasteiger partial charge in [-0.3, -0.25) is 9.10 Å². The quantitative estimate of drug-likeness (QED) is 0.261.